The largest absolute Gasteiger partial charge is 0.480 e. The summed E-state index contributed by atoms with van der Waals surface area (Å²) in [5.74, 6) is -0.393. The minimum absolute atomic E-state index is 0.179. The molecular formula is C17H26N2O3S. The molecule has 23 heavy (non-hydrogen) atoms. The molecule has 1 aromatic rings. The number of amides is 2. The van der Waals surface area contributed by atoms with Gasteiger partial charge >= 0.3 is 12.0 Å². The number of carboxylic acid groups (broad SMARTS) is 1. The van der Waals surface area contributed by atoms with Crippen LogP contribution in [-0.2, 0) is 4.79 Å². The van der Waals surface area contributed by atoms with Crippen LogP contribution in [0.5, 0.6) is 0 Å². The molecule has 1 rings (SSSR count). The van der Waals surface area contributed by atoms with Crippen molar-refractivity contribution < 1.29 is 14.7 Å². The molecule has 2 amide bonds. The van der Waals surface area contributed by atoms with Crippen molar-refractivity contribution in [1.29, 1.82) is 0 Å². The molecule has 0 aliphatic rings. The molecule has 0 saturated carbocycles. The second-order valence-corrected chi connectivity index (χ2v) is 6.43. The number of hydrogen-bond donors (Lipinski definition) is 3. The van der Waals surface area contributed by atoms with E-state index in [9.17, 15) is 14.7 Å². The highest BCUT2D eigenvalue weighted by Crippen LogP contribution is 2.16. The summed E-state index contributed by atoms with van der Waals surface area (Å²) in [5, 5.41) is 12.4. The van der Waals surface area contributed by atoms with Gasteiger partial charge in [-0.1, -0.05) is 44.2 Å². The van der Waals surface area contributed by atoms with E-state index in [0.29, 0.717) is 18.7 Å². The Morgan fingerprint density at radius 2 is 1.83 bits per heavy atom. The number of carbonyl (C=O) groups is 2. The summed E-state index contributed by atoms with van der Waals surface area (Å²) in [6, 6.07) is 8.17. The molecule has 6 heteroatoms. The van der Waals surface area contributed by atoms with Crippen LogP contribution in [0.4, 0.5) is 4.79 Å². The van der Waals surface area contributed by atoms with Gasteiger partial charge < -0.3 is 15.3 Å². The number of aliphatic carboxylic acids is 1. The van der Waals surface area contributed by atoms with Gasteiger partial charge in [0.15, 0.2) is 0 Å². The Hall–Kier alpha value is -1.69. The third-order valence-electron chi connectivity index (χ3n) is 3.60. The van der Waals surface area contributed by atoms with Crippen LogP contribution in [0.25, 0.3) is 0 Å². The highest BCUT2D eigenvalue weighted by molar-refractivity contribution is 7.80. The molecule has 0 spiro atoms. The standard InChI is InChI=1S/C17H26N2O3S/c1-12(2)11-15(16(20)21)19(9-10-23)17(22)18-13(3)14-7-5-4-6-8-14/h4-8,12-13,15,23H,9-11H2,1-3H3,(H,18,22)(H,20,21). The molecule has 5 nitrogen and oxygen atoms in total. The first kappa shape index (κ1) is 19.4. The van der Waals surface area contributed by atoms with Crippen molar-refractivity contribution in [3.63, 3.8) is 0 Å². The average Bonchev–Trinajstić information content (AvgIpc) is 2.51. The van der Waals surface area contributed by atoms with Crippen molar-refractivity contribution in [3.05, 3.63) is 35.9 Å². The van der Waals surface area contributed by atoms with E-state index in [1.807, 2.05) is 51.1 Å². The van der Waals surface area contributed by atoms with Crippen LogP contribution in [0, 0.1) is 5.92 Å². The number of rotatable bonds is 8. The zero-order valence-electron chi connectivity index (χ0n) is 13.9. The maximum Gasteiger partial charge on any atom is 0.326 e. The predicted molar refractivity (Wildman–Crippen MR) is 94.8 cm³/mol. The second-order valence-electron chi connectivity index (χ2n) is 5.98. The lowest BCUT2D eigenvalue weighted by Crippen LogP contribution is -2.51. The summed E-state index contributed by atoms with van der Waals surface area (Å²) in [7, 11) is 0. The van der Waals surface area contributed by atoms with E-state index in [1.54, 1.807) is 0 Å². The van der Waals surface area contributed by atoms with Crippen LogP contribution in [0.2, 0.25) is 0 Å². The summed E-state index contributed by atoms with van der Waals surface area (Å²) >= 11 is 4.15. The Balaban J connectivity index is 2.86. The number of nitrogens with one attached hydrogen (secondary N) is 1. The number of nitrogens with zero attached hydrogens (tertiary/aromatic N) is 1. The maximum atomic E-state index is 12.6. The molecule has 0 saturated heterocycles. The number of carbonyl (C=O) groups excluding carboxylic acids is 1. The van der Waals surface area contributed by atoms with Gasteiger partial charge in [-0.15, -0.1) is 0 Å². The van der Waals surface area contributed by atoms with Crippen LogP contribution in [0.1, 0.15) is 38.8 Å². The zero-order valence-corrected chi connectivity index (χ0v) is 14.8. The smallest absolute Gasteiger partial charge is 0.326 e. The Morgan fingerprint density at radius 3 is 2.30 bits per heavy atom. The molecule has 128 valence electrons. The Labute approximate surface area is 143 Å². The first-order valence-electron chi connectivity index (χ1n) is 7.82. The lowest BCUT2D eigenvalue weighted by atomic mass is 10.0. The van der Waals surface area contributed by atoms with Gasteiger partial charge in [0.05, 0.1) is 6.04 Å². The molecule has 0 aromatic heterocycles. The van der Waals surface area contributed by atoms with Gasteiger partial charge in [0.1, 0.15) is 6.04 Å². The molecule has 0 aliphatic carbocycles. The number of benzene rings is 1. The minimum atomic E-state index is -0.983. The first-order chi connectivity index (χ1) is 10.9. The van der Waals surface area contributed by atoms with Gasteiger partial charge in [-0.05, 0) is 24.8 Å². The van der Waals surface area contributed by atoms with E-state index in [2.05, 4.69) is 17.9 Å². The van der Waals surface area contributed by atoms with E-state index < -0.39 is 12.0 Å². The van der Waals surface area contributed by atoms with E-state index in [4.69, 9.17) is 0 Å². The average molecular weight is 338 g/mol. The van der Waals surface area contributed by atoms with E-state index in [-0.39, 0.29) is 18.0 Å². The molecule has 0 heterocycles. The third-order valence-corrected chi connectivity index (χ3v) is 3.80. The molecule has 2 N–H and O–H groups in total. The Kier molecular flexibility index (Phi) is 7.95. The molecule has 2 unspecified atom stereocenters. The number of hydrogen-bond acceptors (Lipinski definition) is 3. The minimum Gasteiger partial charge on any atom is -0.480 e. The van der Waals surface area contributed by atoms with Gasteiger partial charge in [-0.2, -0.15) is 12.6 Å². The molecule has 0 aliphatic heterocycles. The van der Waals surface area contributed by atoms with Crippen LogP contribution in [0.3, 0.4) is 0 Å². The van der Waals surface area contributed by atoms with Crippen molar-refractivity contribution in [3.8, 4) is 0 Å². The fourth-order valence-electron chi connectivity index (χ4n) is 2.41. The van der Waals surface area contributed by atoms with Crippen LogP contribution >= 0.6 is 12.6 Å². The monoisotopic (exact) mass is 338 g/mol. The summed E-state index contributed by atoms with van der Waals surface area (Å²) in [4.78, 5) is 25.5. The van der Waals surface area contributed by atoms with Crippen molar-refractivity contribution in [1.82, 2.24) is 10.2 Å². The summed E-state index contributed by atoms with van der Waals surface area (Å²) < 4.78 is 0. The Bertz CT molecular complexity index is 508. The lowest BCUT2D eigenvalue weighted by molar-refractivity contribution is -0.142. The SMILES string of the molecule is CC(C)CC(C(=O)O)N(CCS)C(=O)NC(C)c1ccccc1. The Morgan fingerprint density at radius 1 is 1.22 bits per heavy atom. The van der Waals surface area contributed by atoms with Crippen LogP contribution in [0.15, 0.2) is 30.3 Å². The highest BCUT2D eigenvalue weighted by Gasteiger charge is 2.30. The van der Waals surface area contributed by atoms with Crippen molar-refractivity contribution in [2.24, 2.45) is 5.92 Å². The van der Waals surface area contributed by atoms with Gasteiger partial charge in [-0.25, -0.2) is 9.59 Å². The topological polar surface area (TPSA) is 69.6 Å². The summed E-state index contributed by atoms with van der Waals surface area (Å²) in [6.45, 7) is 6.06. The van der Waals surface area contributed by atoms with Crippen LogP contribution in [-0.4, -0.2) is 40.3 Å². The molecule has 1 aromatic carbocycles. The molecule has 0 fully saturated rings. The first-order valence-corrected chi connectivity index (χ1v) is 8.45. The maximum absolute atomic E-state index is 12.6. The van der Waals surface area contributed by atoms with E-state index in [1.165, 1.54) is 4.90 Å². The van der Waals surface area contributed by atoms with Crippen molar-refractivity contribution in [2.75, 3.05) is 12.3 Å². The molecule has 2 atom stereocenters. The van der Waals surface area contributed by atoms with E-state index >= 15 is 0 Å². The third kappa shape index (κ3) is 6.14. The normalized spacial score (nSPS) is 13.4. The number of carboxylic acids is 1. The van der Waals surface area contributed by atoms with Crippen molar-refractivity contribution >= 4 is 24.6 Å². The fourth-order valence-corrected chi connectivity index (χ4v) is 2.62. The van der Waals surface area contributed by atoms with E-state index in [0.717, 1.165) is 5.56 Å². The number of thiol groups is 1. The fraction of sp³-hybridized carbons (Fsp3) is 0.529. The van der Waals surface area contributed by atoms with Crippen LogP contribution < -0.4 is 5.32 Å². The van der Waals surface area contributed by atoms with Gasteiger partial charge in [0.2, 0.25) is 0 Å². The lowest BCUT2D eigenvalue weighted by Gasteiger charge is -2.31. The van der Waals surface area contributed by atoms with Crippen molar-refractivity contribution in [2.45, 2.75) is 39.3 Å². The molecule has 0 bridgehead atoms. The quantitative estimate of drug-likeness (QED) is 0.638. The van der Waals surface area contributed by atoms with Gasteiger partial charge in [0, 0.05) is 12.3 Å². The summed E-state index contributed by atoms with van der Waals surface area (Å²) in [6.07, 6.45) is 0.413. The second kappa shape index (κ2) is 9.45. The predicted octanol–water partition coefficient (Wildman–Crippen LogP) is 3.19. The molecule has 0 radical (unpaired) electrons. The highest BCUT2D eigenvalue weighted by atomic mass is 32.1. The molecular weight excluding hydrogens is 312 g/mol. The zero-order chi connectivity index (χ0) is 17.4. The summed E-state index contributed by atoms with van der Waals surface area (Å²) in [5.41, 5.74) is 0.974. The van der Waals surface area contributed by atoms with Gasteiger partial charge in [-0.3, -0.25) is 0 Å². The van der Waals surface area contributed by atoms with Gasteiger partial charge in [0.25, 0.3) is 0 Å². The number of urea groups is 1.